The lowest BCUT2D eigenvalue weighted by Crippen LogP contribution is -2.26. The predicted molar refractivity (Wildman–Crippen MR) is 76.6 cm³/mol. The number of hydrogen-bond donors (Lipinski definition) is 1. The molecule has 0 atom stereocenters. The second kappa shape index (κ2) is 6.52. The lowest BCUT2D eigenvalue weighted by atomic mass is 10.2. The zero-order valence-corrected chi connectivity index (χ0v) is 11.6. The van der Waals surface area contributed by atoms with Crippen molar-refractivity contribution in [1.82, 2.24) is 9.88 Å². The Bertz CT molecular complexity index is 551. The van der Waals surface area contributed by atoms with Crippen molar-refractivity contribution in [3.8, 4) is 0 Å². The SMILES string of the molecule is O=c1ccc(Br)cn1CCNCc1ccccc1. The molecular formula is C14H15BrN2O. The van der Waals surface area contributed by atoms with Crippen LogP contribution in [0.4, 0.5) is 0 Å². The van der Waals surface area contributed by atoms with Gasteiger partial charge in [-0.2, -0.15) is 0 Å². The Hall–Kier alpha value is -1.39. The Labute approximate surface area is 115 Å². The minimum atomic E-state index is 0.0275. The molecule has 1 N–H and O–H groups in total. The maximum absolute atomic E-state index is 11.5. The maximum atomic E-state index is 11.5. The fraction of sp³-hybridized carbons (Fsp3) is 0.214. The first kappa shape index (κ1) is 13.1. The van der Waals surface area contributed by atoms with E-state index in [1.165, 1.54) is 5.56 Å². The van der Waals surface area contributed by atoms with E-state index in [-0.39, 0.29) is 5.56 Å². The molecule has 0 aliphatic rings. The second-order valence-electron chi connectivity index (χ2n) is 4.04. The summed E-state index contributed by atoms with van der Waals surface area (Å²) >= 11 is 3.36. The van der Waals surface area contributed by atoms with Crippen LogP contribution in [0.15, 0.2) is 57.9 Å². The normalized spacial score (nSPS) is 10.5. The predicted octanol–water partition coefficient (Wildman–Crippen LogP) is 2.40. The second-order valence-corrected chi connectivity index (χ2v) is 4.96. The summed E-state index contributed by atoms with van der Waals surface area (Å²) in [6, 6.07) is 13.5. The number of rotatable bonds is 5. The minimum Gasteiger partial charge on any atom is -0.313 e. The van der Waals surface area contributed by atoms with Crippen LogP contribution < -0.4 is 10.9 Å². The van der Waals surface area contributed by atoms with Gasteiger partial charge >= 0.3 is 0 Å². The van der Waals surface area contributed by atoms with Crippen LogP contribution in [0.25, 0.3) is 0 Å². The molecule has 0 radical (unpaired) electrons. The average molecular weight is 307 g/mol. The highest BCUT2D eigenvalue weighted by Crippen LogP contribution is 2.04. The summed E-state index contributed by atoms with van der Waals surface area (Å²) < 4.78 is 2.62. The van der Waals surface area contributed by atoms with Crippen LogP contribution >= 0.6 is 15.9 Å². The lowest BCUT2D eigenvalue weighted by Gasteiger charge is -2.07. The van der Waals surface area contributed by atoms with E-state index >= 15 is 0 Å². The summed E-state index contributed by atoms with van der Waals surface area (Å²) in [6.45, 7) is 2.26. The van der Waals surface area contributed by atoms with Gasteiger partial charge in [-0.25, -0.2) is 0 Å². The molecule has 0 fully saturated rings. The van der Waals surface area contributed by atoms with Crippen molar-refractivity contribution in [3.63, 3.8) is 0 Å². The van der Waals surface area contributed by atoms with Gasteiger partial charge in [-0.3, -0.25) is 4.79 Å². The molecule has 2 rings (SSSR count). The zero-order chi connectivity index (χ0) is 12.8. The molecule has 0 saturated carbocycles. The highest BCUT2D eigenvalue weighted by molar-refractivity contribution is 9.10. The molecule has 0 spiro atoms. The van der Waals surface area contributed by atoms with Gasteiger partial charge in [0.25, 0.3) is 5.56 Å². The molecular weight excluding hydrogens is 292 g/mol. The van der Waals surface area contributed by atoms with Crippen LogP contribution in [-0.4, -0.2) is 11.1 Å². The average Bonchev–Trinajstić information content (AvgIpc) is 2.40. The Morgan fingerprint density at radius 2 is 1.89 bits per heavy atom. The first-order valence-corrected chi connectivity index (χ1v) is 6.65. The number of hydrogen-bond acceptors (Lipinski definition) is 2. The van der Waals surface area contributed by atoms with Crippen molar-refractivity contribution >= 4 is 15.9 Å². The number of pyridine rings is 1. The van der Waals surface area contributed by atoms with Crippen LogP contribution in [0.3, 0.4) is 0 Å². The summed E-state index contributed by atoms with van der Waals surface area (Å²) in [5.41, 5.74) is 1.28. The minimum absolute atomic E-state index is 0.0275. The third kappa shape index (κ3) is 3.82. The van der Waals surface area contributed by atoms with Gasteiger partial charge < -0.3 is 9.88 Å². The Morgan fingerprint density at radius 3 is 2.67 bits per heavy atom. The monoisotopic (exact) mass is 306 g/mol. The van der Waals surface area contributed by atoms with Crippen LogP contribution in [0.5, 0.6) is 0 Å². The quantitative estimate of drug-likeness (QED) is 0.861. The van der Waals surface area contributed by atoms with Crippen LogP contribution in [0.1, 0.15) is 5.56 Å². The highest BCUT2D eigenvalue weighted by Gasteiger charge is 1.96. The first-order chi connectivity index (χ1) is 8.75. The third-order valence-electron chi connectivity index (χ3n) is 2.65. The van der Waals surface area contributed by atoms with E-state index in [0.717, 1.165) is 17.6 Å². The van der Waals surface area contributed by atoms with Gasteiger partial charge in [-0.15, -0.1) is 0 Å². The van der Waals surface area contributed by atoms with E-state index in [1.807, 2.05) is 24.4 Å². The number of benzene rings is 1. The standard InChI is InChI=1S/C14H15BrN2O/c15-13-6-7-14(18)17(11-13)9-8-16-10-12-4-2-1-3-5-12/h1-7,11,16H,8-10H2. The molecule has 1 aromatic carbocycles. The number of halogens is 1. The molecule has 0 aliphatic heterocycles. The number of nitrogens with zero attached hydrogens (tertiary/aromatic N) is 1. The summed E-state index contributed by atoms with van der Waals surface area (Å²) in [7, 11) is 0. The molecule has 0 bridgehead atoms. The van der Waals surface area contributed by atoms with Crippen molar-refractivity contribution in [2.75, 3.05) is 6.54 Å². The van der Waals surface area contributed by atoms with Gasteiger partial charge in [0.2, 0.25) is 0 Å². The van der Waals surface area contributed by atoms with Crippen molar-refractivity contribution < 1.29 is 0 Å². The van der Waals surface area contributed by atoms with E-state index in [4.69, 9.17) is 0 Å². The van der Waals surface area contributed by atoms with Crippen LogP contribution in [0, 0.1) is 0 Å². The topological polar surface area (TPSA) is 34.0 Å². The molecule has 0 amide bonds. The third-order valence-corrected chi connectivity index (χ3v) is 3.12. The fourth-order valence-corrected chi connectivity index (χ4v) is 2.08. The van der Waals surface area contributed by atoms with Gasteiger partial charge in [0.15, 0.2) is 0 Å². The molecule has 1 aromatic heterocycles. The Balaban J connectivity index is 1.82. The molecule has 3 nitrogen and oxygen atoms in total. The molecule has 2 aromatic rings. The van der Waals surface area contributed by atoms with E-state index < -0.39 is 0 Å². The van der Waals surface area contributed by atoms with Crippen molar-refractivity contribution in [2.45, 2.75) is 13.1 Å². The highest BCUT2D eigenvalue weighted by atomic mass is 79.9. The van der Waals surface area contributed by atoms with Gasteiger partial charge in [0, 0.05) is 36.4 Å². The largest absolute Gasteiger partial charge is 0.313 e. The van der Waals surface area contributed by atoms with Crippen molar-refractivity contribution in [3.05, 3.63) is 69.1 Å². The molecule has 18 heavy (non-hydrogen) atoms. The lowest BCUT2D eigenvalue weighted by molar-refractivity contribution is 0.584. The summed E-state index contributed by atoms with van der Waals surface area (Å²) in [5, 5.41) is 3.32. The number of aromatic nitrogens is 1. The van der Waals surface area contributed by atoms with Crippen molar-refractivity contribution in [2.24, 2.45) is 0 Å². The molecule has 0 unspecified atom stereocenters. The van der Waals surface area contributed by atoms with E-state index in [1.54, 1.807) is 16.7 Å². The van der Waals surface area contributed by atoms with E-state index in [9.17, 15) is 4.79 Å². The molecule has 1 heterocycles. The smallest absolute Gasteiger partial charge is 0.250 e. The van der Waals surface area contributed by atoms with Crippen LogP contribution in [-0.2, 0) is 13.1 Å². The molecule has 0 aliphatic carbocycles. The summed E-state index contributed by atoms with van der Waals surface area (Å²) in [4.78, 5) is 11.5. The maximum Gasteiger partial charge on any atom is 0.250 e. The van der Waals surface area contributed by atoms with Gasteiger partial charge in [0.05, 0.1) is 0 Å². The molecule has 0 saturated heterocycles. The first-order valence-electron chi connectivity index (χ1n) is 5.86. The van der Waals surface area contributed by atoms with Gasteiger partial charge in [0.1, 0.15) is 0 Å². The molecule has 94 valence electrons. The van der Waals surface area contributed by atoms with Crippen LogP contribution in [0.2, 0.25) is 0 Å². The Kier molecular flexibility index (Phi) is 4.73. The fourth-order valence-electron chi connectivity index (χ4n) is 1.71. The molecule has 4 heteroatoms. The van der Waals surface area contributed by atoms with Crippen molar-refractivity contribution in [1.29, 1.82) is 0 Å². The van der Waals surface area contributed by atoms with Gasteiger partial charge in [-0.05, 0) is 27.6 Å². The van der Waals surface area contributed by atoms with E-state index in [2.05, 4.69) is 33.4 Å². The van der Waals surface area contributed by atoms with E-state index in [0.29, 0.717) is 6.54 Å². The van der Waals surface area contributed by atoms with Gasteiger partial charge in [-0.1, -0.05) is 30.3 Å². The summed E-state index contributed by atoms with van der Waals surface area (Å²) in [5.74, 6) is 0. The Morgan fingerprint density at radius 1 is 1.11 bits per heavy atom. The zero-order valence-electron chi connectivity index (χ0n) is 9.97. The number of nitrogens with one attached hydrogen (secondary N) is 1. The summed E-state index contributed by atoms with van der Waals surface area (Å²) in [6.07, 6.45) is 1.81.